The van der Waals surface area contributed by atoms with E-state index in [0.717, 1.165) is 29.1 Å². The molecule has 3 rings (SSSR count). The fourth-order valence-electron chi connectivity index (χ4n) is 3.04. The van der Waals surface area contributed by atoms with Gasteiger partial charge in [-0.25, -0.2) is 9.97 Å². The third-order valence-electron chi connectivity index (χ3n) is 4.19. The van der Waals surface area contributed by atoms with E-state index in [1.807, 2.05) is 32.0 Å². The molecule has 0 saturated heterocycles. The van der Waals surface area contributed by atoms with E-state index in [9.17, 15) is 4.79 Å². The zero-order valence-corrected chi connectivity index (χ0v) is 15.8. The van der Waals surface area contributed by atoms with Crippen LogP contribution in [-0.2, 0) is 4.79 Å². The third kappa shape index (κ3) is 4.85. The van der Waals surface area contributed by atoms with Crippen molar-refractivity contribution in [3.05, 3.63) is 46.2 Å². The van der Waals surface area contributed by atoms with Crippen molar-refractivity contribution in [2.24, 2.45) is 0 Å². The van der Waals surface area contributed by atoms with E-state index in [4.69, 9.17) is 16.3 Å². The molecule has 138 valence electrons. The van der Waals surface area contributed by atoms with Crippen LogP contribution in [0.15, 0.2) is 24.3 Å². The lowest BCUT2D eigenvalue weighted by atomic mass is 10.0. The Hall–Kier alpha value is -2.34. The highest BCUT2D eigenvalue weighted by atomic mass is 35.5. The molecule has 26 heavy (non-hydrogen) atoms. The minimum atomic E-state index is -0.0549. The number of aryl methyl sites for hydroxylation is 2. The summed E-state index contributed by atoms with van der Waals surface area (Å²) in [4.78, 5) is 20.9. The Balaban J connectivity index is 1.47. The van der Waals surface area contributed by atoms with Gasteiger partial charge in [0.25, 0.3) is 0 Å². The Labute approximate surface area is 158 Å². The van der Waals surface area contributed by atoms with Crippen molar-refractivity contribution in [1.29, 1.82) is 0 Å². The van der Waals surface area contributed by atoms with Gasteiger partial charge in [-0.05, 0) is 44.5 Å². The summed E-state index contributed by atoms with van der Waals surface area (Å²) in [6, 6.07) is 7.38. The van der Waals surface area contributed by atoms with Gasteiger partial charge in [0, 0.05) is 41.4 Å². The lowest BCUT2D eigenvalue weighted by Gasteiger charge is -2.27. The molecule has 0 fully saturated rings. The number of hydrogen-bond acceptors (Lipinski definition) is 5. The molecular weight excluding hydrogens is 352 g/mol. The summed E-state index contributed by atoms with van der Waals surface area (Å²) in [6.07, 6.45) is 1.88. The second kappa shape index (κ2) is 8.36. The van der Waals surface area contributed by atoms with Crippen LogP contribution in [0.2, 0.25) is 5.02 Å². The number of benzene rings is 1. The first-order valence-corrected chi connectivity index (χ1v) is 9.17. The molecule has 2 N–H and O–H groups in total. The Bertz CT molecular complexity index is 777. The maximum Gasteiger partial charge on any atom is 0.223 e. The van der Waals surface area contributed by atoms with E-state index in [-0.39, 0.29) is 11.9 Å². The standard InChI is InChI=1S/C19H23ClN4O2/c1-12-10-13(2)23-19(22-12)21-8-3-4-18(25)24-16-7-9-26-17-6-5-14(20)11-15(16)17/h5-6,10-11,16H,3-4,7-9H2,1-2H3,(H,24,25)(H,21,22,23). The largest absolute Gasteiger partial charge is 0.493 e. The summed E-state index contributed by atoms with van der Waals surface area (Å²) in [7, 11) is 0. The number of carbonyl (C=O) groups is 1. The SMILES string of the molecule is Cc1cc(C)nc(NCCCC(=O)NC2CCOc3ccc(Cl)cc32)n1. The fourth-order valence-corrected chi connectivity index (χ4v) is 3.22. The topological polar surface area (TPSA) is 76.1 Å². The van der Waals surface area contributed by atoms with Crippen LogP contribution >= 0.6 is 11.6 Å². The molecular formula is C19H23ClN4O2. The van der Waals surface area contributed by atoms with Crippen molar-refractivity contribution >= 4 is 23.5 Å². The van der Waals surface area contributed by atoms with Crippen LogP contribution in [-0.4, -0.2) is 29.0 Å². The normalized spacial score (nSPS) is 15.7. The van der Waals surface area contributed by atoms with Crippen molar-refractivity contribution in [3.8, 4) is 5.75 Å². The molecule has 1 aliphatic rings. The molecule has 1 aromatic heterocycles. The van der Waals surface area contributed by atoms with E-state index in [0.29, 0.717) is 37.0 Å². The first-order chi connectivity index (χ1) is 12.5. The molecule has 7 heteroatoms. The van der Waals surface area contributed by atoms with E-state index in [2.05, 4.69) is 20.6 Å². The van der Waals surface area contributed by atoms with Gasteiger partial charge < -0.3 is 15.4 Å². The van der Waals surface area contributed by atoms with E-state index < -0.39 is 0 Å². The van der Waals surface area contributed by atoms with Gasteiger partial charge in [-0.2, -0.15) is 0 Å². The lowest BCUT2D eigenvalue weighted by molar-refractivity contribution is -0.122. The number of halogens is 1. The number of carbonyl (C=O) groups excluding carboxylic acids is 1. The Morgan fingerprint density at radius 1 is 1.27 bits per heavy atom. The molecule has 0 bridgehead atoms. The molecule has 2 heterocycles. The van der Waals surface area contributed by atoms with E-state index in [1.54, 1.807) is 6.07 Å². The van der Waals surface area contributed by atoms with Crippen molar-refractivity contribution in [3.63, 3.8) is 0 Å². The third-order valence-corrected chi connectivity index (χ3v) is 4.43. The van der Waals surface area contributed by atoms with Crippen LogP contribution in [0.3, 0.4) is 0 Å². The second-order valence-corrected chi connectivity index (χ2v) is 6.88. The molecule has 0 radical (unpaired) electrons. The van der Waals surface area contributed by atoms with Gasteiger partial charge in [0.15, 0.2) is 0 Å². The molecule has 1 atom stereocenters. The molecule has 1 amide bonds. The predicted octanol–water partition coefficient (Wildman–Crippen LogP) is 3.58. The fraction of sp³-hybridized carbons (Fsp3) is 0.421. The Kier molecular flexibility index (Phi) is 5.93. The lowest BCUT2D eigenvalue weighted by Crippen LogP contribution is -2.32. The maximum absolute atomic E-state index is 12.3. The van der Waals surface area contributed by atoms with Gasteiger partial charge >= 0.3 is 0 Å². The van der Waals surface area contributed by atoms with Crippen molar-refractivity contribution in [2.75, 3.05) is 18.5 Å². The minimum absolute atomic E-state index is 0.0194. The van der Waals surface area contributed by atoms with Gasteiger partial charge in [0.05, 0.1) is 12.6 Å². The molecule has 2 aromatic rings. The smallest absolute Gasteiger partial charge is 0.223 e. The van der Waals surface area contributed by atoms with Crippen LogP contribution in [0.5, 0.6) is 5.75 Å². The zero-order valence-electron chi connectivity index (χ0n) is 15.0. The number of ether oxygens (including phenoxy) is 1. The van der Waals surface area contributed by atoms with Crippen LogP contribution in [0.4, 0.5) is 5.95 Å². The summed E-state index contributed by atoms with van der Waals surface area (Å²) in [5.41, 5.74) is 2.79. The quantitative estimate of drug-likeness (QED) is 0.756. The zero-order chi connectivity index (χ0) is 18.5. The number of anilines is 1. The minimum Gasteiger partial charge on any atom is -0.493 e. The van der Waals surface area contributed by atoms with Crippen molar-refractivity contribution in [1.82, 2.24) is 15.3 Å². The number of rotatable bonds is 6. The second-order valence-electron chi connectivity index (χ2n) is 6.44. The van der Waals surface area contributed by atoms with Gasteiger partial charge in [-0.3, -0.25) is 4.79 Å². The number of nitrogens with zero attached hydrogens (tertiary/aromatic N) is 2. The summed E-state index contributed by atoms with van der Waals surface area (Å²) >= 11 is 6.07. The van der Waals surface area contributed by atoms with Crippen LogP contribution < -0.4 is 15.4 Å². The van der Waals surface area contributed by atoms with E-state index in [1.165, 1.54) is 0 Å². The van der Waals surface area contributed by atoms with Gasteiger partial charge in [-0.1, -0.05) is 11.6 Å². The van der Waals surface area contributed by atoms with Crippen LogP contribution in [0.1, 0.15) is 42.3 Å². The number of nitrogens with one attached hydrogen (secondary N) is 2. The molecule has 0 saturated carbocycles. The average molecular weight is 375 g/mol. The van der Waals surface area contributed by atoms with Gasteiger partial charge in [0.2, 0.25) is 11.9 Å². The van der Waals surface area contributed by atoms with Gasteiger partial charge in [-0.15, -0.1) is 0 Å². The average Bonchev–Trinajstić information content (AvgIpc) is 2.58. The number of hydrogen-bond donors (Lipinski definition) is 2. The molecule has 1 aliphatic heterocycles. The highest BCUT2D eigenvalue weighted by Crippen LogP contribution is 2.34. The molecule has 0 spiro atoms. The number of fused-ring (bicyclic) bond motifs is 1. The van der Waals surface area contributed by atoms with Crippen molar-refractivity contribution in [2.45, 2.75) is 39.2 Å². The first-order valence-electron chi connectivity index (χ1n) is 8.79. The summed E-state index contributed by atoms with van der Waals surface area (Å²) < 4.78 is 5.62. The molecule has 6 nitrogen and oxygen atoms in total. The predicted molar refractivity (Wildman–Crippen MR) is 102 cm³/mol. The molecule has 1 unspecified atom stereocenters. The van der Waals surface area contributed by atoms with Crippen LogP contribution in [0.25, 0.3) is 0 Å². The number of aromatic nitrogens is 2. The number of amides is 1. The Morgan fingerprint density at radius 3 is 2.81 bits per heavy atom. The van der Waals surface area contributed by atoms with Crippen LogP contribution in [0, 0.1) is 13.8 Å². The maximum atomic E-state index is 12.3. The highest BCUT2D eigenvalue weighted by Gasteiger charge is 2.23. The Morgan fingerprint density at radius 2 is 2.04 bits per heavy atom. The monoisotopic (exact) mass is 374 g/mol. The molecule has 0 aliphatic carbocycles. The first kappa shape index (κ1) is 18.5. The molecule has 1 aromatic carbocycles. The van der Waals surface area contributed by atoms with Crippen molar-refractivity contribution < 1.29 is 9.53 Å². The summed E-state index contributed by atoms with van der Waals surface area (Å²) in [5.74, 6) is 1.42. The summed E-state index contributed by atoms with van der Waals surface area (Å²) in [6.45, 7) is 5.11. The highest BCUT2D eigenvalue weighted by molar-refractivity contribution is 6.30. The van der Waals surface area contributed by atoms with Gasteiger partial charge in [0.1, 0.15) is 5.75 Å². The summed E-state index contributed by atoms with van der Waals surface area (Å²) in [5, 5.41) is 6.90. The van der Waals surface area contributed by atoms with E-state index >= 15 is 0 Å².